The van der Waals surface area contributed by atoms with Gasteiger partial charge in [-0.1, -0.05) is 0 Å². The molecule has 0 fully saturated rings. The first-order valence-corrected chi connectivity index (χ1v) is 3.83. The predicted octanol–water partition coefficient (Wildman–Crippen LogP) is 1.15. The topological polar surface area (TPSA) is 44.0 Å². The van der Waals surface area contributed by atoms with Crippen molar-refractivity contribution in [1.29, 1.82) is 5.26 Å². The summed E-state index contributed by atoms with van der Waals surface area (Å²) in [4.78, 5) is 1.07. The Balaban J connectivity index is 2.71. The van der Waals surface area contributed by atoms with Gasteiger partial charge < -0.3 is 5.11 Å². The second-order valence-corrected chi connectivity index (χ2v) is 2.88. The molecule has 0 bridgehead atoms. The van der Waals surface area contributed by atoms with Gasteiger partial charge in [-0.3, -0.25) is 0 Å². The molecule has 52 valence electrons. The number of hydrogen-bond donors (Lipinski definition) is 1. The van der Waals surface area contributed by atoms with E-state index in [0.717, 1.165) is 4.88 Å². The van der Waals surface area contributed by atoms with Gasteiger partial charge in [-0.05, 0) is 6.07 Å². The van der Waals surface area contributed by atoms with Gasteiger partial charge in [0.05, 0.1) is 5.56 Å². The van der Waals surface area contributed by atoms with Crippen molar-refractivity contribution in [1.82, 2.24) is 0 Å². The van der Waals surface area contributed by atoms with Gasteiger partial charge in [-0.2, -0.15) is 5.26 Å². The largest absolute Gasteiger partial charge is 0.396 e. The average Bonchev–Trinajstić information content (AvgIpc) is 2.37. The van der Waals surface area contributed by atoms with Gasteiger partial charge in [0.1, 0.15) is 6.07 Å². The minimum atomic E-state index is 0.158. The van der Waals surface area contributed by atoms with E-state index < -0.39 is 0 Å². The van der Waals surface area contributed by atoms with Gasteiger partial charge in [0.15, 0.2) is 0 Å². The summed E-state index contributed by atoms with van der Waals surface area (Å²) in [6, 6.07) is 3.84. The third kappa shape index (κ3) is 1.56. The predicted molar refractivity (Wildman–Crippen MR) is 39.8 cm³/mol. The molecule has 0 radical (unpaired) electrons. The molecule has 1 aromatic rings. The fraction of sp³-hybridized carbons (Fsp3) is 0.286. The van der Waals surface area contributed by atoms with Crippen LogP contribution in [-0.4, -0.2) is 11.7 Å². The van der Waals surface area contributed by atoms with Crippen molar-refractivity contribution in [3.8, 4) is 6.07 Å². The van der Waals surface area contributed by atoms with Crippen LogP contribution in [0.25, 0.3) is 0 Å². The standard InChI is InChI=1S/C7H7NOS/c8-4-6-3-7(1-2-9)10-5-6/h3,5,9H,1-2H2. The first kappa shape index (κ1) is 7.26. The molecule has 1 aromatic heterocycles. The molecule has 0 saturated carbocycles. The van der Waals surface area contributed by atoms with Crippen molar-refractivity contribution in [2.24, 2.45) is 0 Å². The van der Waals surface area contributed by atoms with E-state index in [1.165, 1.54) is 11.3 Å². The van der Waals surface area contributed by atoms with Gasteiger partial charge in [0, 0.05) is 23.3 Å². The lowest BCUT2D eigenvalue weighted by molar-refractivity contribution is 0.300. The number of nitriles is 1. The number of hydrogen-bond acceptors (Lipinski definition) is 3. The Bertz CT molecular complexity index is 248. The maximum atomic E-state index is 8.53. The van der Waals surface area contributed by atoms with Gasteiger partial charge in [-0.25, -0.2) is 0 Å². The zero-order valence-electron chi connectivity index (χ0n) is 5.37. The molecule has 0 saturated heterocycles. The third-order valence-electron chi connectivity index (χ3n) is 1.14. The monoisotopic (exact) mass is 153 g/mol. The maximum Gasteiger partial charge on any atom is 0.100 e. The number of aliphatic hydroxyl groups is 1. The van der Waals surface area contributed by atoms with Gasteiger partial charge in [0.2, 0.25) is 0 Å². The molecule has 0 aromatic carbocycles. The average molecular weight is 153 g/mol. The van der Waals surface area contributed by atoms with E-state index in [9.17, 15) is 0 Å². The molecular weight excluding hydrogens is 146 g/mol. The summed E-state index contributed by atoms with van der Waals surface area (Å²) in [5.74, 6) is 0. The highest BCUT2D eigenvalue weighted by molar-refractivity contribution is 7.10. The van der Waals surface area contributed by atoms with Crippen molar-refractivity contribution >= 4 is 11.3 Å². The zero-order valence-corrected chi connectivity index (χ0v) is 6.19. The summed E-state index contributed by atoms with van der Waals surface area (Å²) < 4.78 is 0. The molecule has 1 rings (SSSR count). The molecule has 0 atom stereocenters. The highest BCUT2D eigenvalue weighted by Gasteiger charge is 1.96. The van der Waals surface area contributed by atoms with E-state index in [2.05, 4.69) is 0 Å². The zero-order chi connectivity index (χ0) is 7.40. The summed E-state index contributed by atoms with van der Waals surface area (Å²) in [6.07, 6.45) is 0.659. The van der Waals surface area contributed by atoms with Gasteiger partial charge in [0.25, 0.3) is 0 Å². The Labute approximate surface area is 63.4 Å². The Morgan fingerprint density at radius 2 is 2.50 bits per heavy atom. The molecule has 0 amide bonds. The minimum absolute atomic E-state index is 0.158. The molecule has 0 aliphatic heterocycles. The van der Waals surface area contributed by atoms with Gasteiger partial charge in [-0.15, -0.1) is 11.3 Å². The van der Waals surface area contributed by atoms with Crippen LogP contribution in [0.15, 0.2) is 11.4 Å². The van der Waals surface area contributed by atoms with Crippen molar-refractivity contribution in [3.05, 3.63) is 21.9 Å². The lowest BCUT2D eigenvalue weighted by Gasteiger charge is -1.85. The van der Waals surface area contributed by atoms with Gasteiger partial charge >= 0.3 is 0 Å². The molecule has 2 nitrogen and oxygen atoms in total. The fourth-order valence-corrected chi connectivity index (χ4v) is 1.48. The van der Waals surface area contributed by atoms with Crippen LogP contribution < -0.4 is 0 Å². The summed E-state index contributed by atoms with van der Waals surface area (Å²) in [5.41, 5.74) is 0.688. The first-order chi connectivity index (χ1) is 4.86. The summed E-state index contributed by atoms with van der Waals surface area (Å²) in [5, 5.41) is 18.7. The molecule has 0 spiro atoms. The lowest BCUT2D eigenvalue weighted by atomic mass is 10.3. The number of aliphatic hydroxyl groups excluding tert-OH is 1. The third-order valence-corrected chi connectivity index (χ3v) is 2.14. The first-order valence-electron chi connectivity index (χ1n) is 2.95. The van der Waals surface area contributed by atoms with E-state index in [1.54, 1.807) is 11.4 Å². The smallest absolute Gasteiger partial charge is 0.100 e. The normalized spacial score (nSPS) is 9.20. The minimum Gasteiger partial charge on any atom is -0.396 e. The Morgan fingerprint density at radius 3 is 3.00 bits per heavy atom. The summed E-state index contributed by atoms with van der Waals surface area (Å²) in [7, 11) is 0. The van der Waals surface area contributed by atoms with Crippen LogP contribution in [0.5, 0.6) is 0 Å². The SMILES string of the molecule is N#Cc1csc(CCO)c1. The Morgan fingerprint density at radius 1 is 1.70 bits per heavy atom. The van der Waals surface area contributed by atoms with E-state index in [-0.39, 0.29) is 6.61 Å². The molecule has 1 N–H and O–H groups in total. The van der Waals surface area contributed by atoms with Crippen LogP contribution in [0, 0.1) is 11.3 Å². The van der Waals surface area contributed by atoms with Crippen LogP contribution in [-0.2, 0) is 6.42 Å². The second-order valence-electron chi connectivity index (χ2n) is 1.89. The Hall–Kier alpha value is -0.850. The summed E-state index contributed by atoms with van der Waals surface area (Å²) in [6.45, 7) is 0.158. The number of thiophene rings is 1. The van der Waals surface area contributed by atoms with Crippen LogP contribution in [0.4, 0.5) is 0 Å². The summed E-state index contributed by atoms with van der Waals surface area (Å²) >= 11 is 1.52. The fourth-order valence-electron chi connectivity index (χ4n) is 0.681. The van der Waals surface area contributed by atoms with E-state index >= 15 is 0 Å². The van der Waals surface area contributed by atoms with Crippen LogP contribution in [0.3, 0.4) is 0 Å². The van der Waals surface area contributed by atoms with Crippen molar-refractivity contribution in [2.45, 2.75) is 6.42 Å². The van der Waals surface area contributed by atoms with Crippen LogP contribution in [0.1, 0.15) is 10.4 Å². The van der Waals surface area contributed by atoms with Crippen LogP contribution in [0.2, 0.25) is 0 Å². The molecule has 1 heterocycles. The lowest BCUT2D eigenvalue weighted by Crippen LogP contribution is -1.84. The van der Waals surface area contributed by atoms with E-state index in [0.29, 0.717) is 12.0 Å². The second kappa shape index (κ2) is 3.35. The van der Waals surface area contributed by atoms with E-state index in [4.69, 9.17) is 10.4 Å². The van der Waals surface area contributed by atoms with Crippen LogP contribution >= 0.6 is 11.3 Å². The van der Waals surface area contributed by atoms with Crippen molar-refractivity contribution in [3.63, 3.8) is 0 Å². The molecule has 10 heavy (non-hydrogen) atoms. The Kier molecular flexibility index (Phi) is 2.43. The van der Waals surface area contributed by atoms with Crippen molar-refractivity contribution in [2.75, 3.05) is 6.61 Å². The highest BCUT2D eigenvalue weighted by Crippen LogP contribution is 2.13. The van der Waals surface area contributed by atoms with Crippen molar-refractivity contribution < 1.29 is 5.11 Å². The highest BCUT2D eigenvalue weighted by atomic mass is 32.1. The molecule has 0 aliphatic rings. The molecule has 0 aliphatic carbocycles. The van der Waals surface area contributed by atoms with E-state index in [1.807, 2.05) is 6.07 Å². The number of nitrogens with zero attached hydrogens (tertiary/aromatic N) is 1. The molecule has 0 unspecified atom stereocenters. The number of rotatable bonds is 2. The quantitative estimate of drug-likeness (QED) is 0.692. The molecular formula is C7H7NOS. The molecule has 3 heteroatoms. The maximum absolute atomic E-state index is 8.53.